The van der Waals surface area contributed by atoms with Gasteiger partial charge in [0.25, 0.3) is 0 Å². The maximum Gasteiger partial charge on any atom is 0.142 e. The Hall–Kier alpha value is -3.19. The zero-order valence-corrected chi connectivity index (χ0v) is 19.6. The average Bonchev–Trinajstić information content (AvgIpc) is 3.42. The van der Waals surface area contributed by atoms with Crippen molar-refractivity contribution in [2.45, 2.75) is 46.8 Å². The molecular weight excluding hydrogens is 400 g/mol. The van der Waals surface area contributed by atoms with Gasteiger partial charge < -0.3 is 14.2 Å². The molecule has 0 saturated heterocycles. The Morgan fingerprint density at radius 3 is 2.44 bits per heavy atom. The molecule has 1 N–H and O–H groups in total. The third-order valence-corrected chi connectivity index (χ3v) is 5.50. The Labute approximate surface area is 189 Å². The number of aromatic amines is 1. The van der Waals surface area contributed by atoms with Gasteiger partial charge in [0.15, 0.2) is 0 Å². The average molecular weight is 433 g/mol. The number of rotatable bonds is 8. The second-order valence-corrected chi connectivity index (χ2v) is 8.80. The van der Waals surface area contributed by atoms with E-state index in [2.05, 4.69) is 84.6 Å². The fourth-order valence-corrected chi connectivity index (χ4v) is 3.86. The van der Waals surface area contributed by atoms with Gasteiger partial charge in [-0.15, -0.1) is 0 Å². The number of fused-ring (bicyclic) bond motifs is 1. The fraction of sp³-hybridized carbons (Fsp3) is 0.400. The minimum absolute atomic E-state index is 0.183. The normalized spacial score (nSPS) is 11.9. The second-order valence-electron chi connectivity index (χ2n) is 8.80. The molecule has 0 radical (unpaired) electrons. The molecule has 0 aliphatic rings. The molecule has 0 spiro atoms. The van der Waals surface area contributed by atoms with E-state index in [0.29, 0.717) is 13.2 Å². The molecule has 3 aromatic heterocycles. The van der Waals surface area contributed by atoms with Crippen LogP contribution in [0.1, 0.15) is 34.6 Å². The minimum Gasteiger partial charge on any atom is -0.374 e. The molecular formula is C25H32N6O. The van der Waals surface area contributed by atoms with Gasteiger partial charge in [0.1, 0.15) is 11.6 Å². The van der Waals surface area contributed by atoms with E-state index in [1.54, 1.807) is 6.20 Å². The van der Waals surface area contributed by atoms with Crippen LogP contribution in [-0.2, 0) is 11.3 Å². The molecule has 32 heavy (non-hydrogen) atoms. The SMILES string of the molecule is CCN(CC)c1ccc(-c2nc3cc(-c4ccn[nH]4)ccc3n2CCOC(C)(C)C)cn1. The van der Waals surface area contributed by atoms with Crippen LogP contribution < -0.4 is 4.90 Å². The number of benzene rings is 1. The number of H-pyrrole nitrogens is 1. The van der Waals surface area contributed by atoms with Crippen molar-refractivity contribution in [2.24, 2.45) is 0 Å². The van der Waals surface area contributed by atoms with Crippen LogP contribution in [-0.4, -0.2) is 50.0 Å². The minimum atomic E-state index is -0.183. The van der Waals surface area contributed by atoms with Crippen molar-refractivity contribution in [3.05, 3.63) is 48.8 Å². The highest BCUT2D eigenvalue weighted by Crippen LogP contribution is 2.29. The quantitative estimate of drug-likeness (QED) is 0.417. The van der Waals surface area contributed by atoms with Gasteiger partial charge in [-0.3, -0.25) is 5.10 Å². The summed E-state index contributed by atoms with van der Waals surface area (Å²) in [6.07, 6.45) is 3.68. The molecule has 4 rings (SSSR count). The number of anilines is 1. The van der Waals surface area contributed by atoms with E-state index >= 15 is 0 Å². The van der Waals surface area contributed by atoms with Gasteiger partial charge in [0.2, 0.25) is 0 Å². The maximum atomic E-state index is 6.02. The van der Waals surface area contributed by atoms with E-state index in [1.165, 1.54) is 0 Å². The maximum absolute atomic E-state index is 6.02. The summed E-state index contributed by atoms with van der Waals surface area (Å²) in [5.41, 5.74) is 4.87. The number of hydrogen-bond donors (Lipinski definition) is 1. The lowest BCUT2D eigenvalue weighted by molar-refractivity contribution is -0.00635. The van der Waals surface area contributed by atoms with Gasteiger partial charge in [-0.1, -0.05) is 6.07 Å². The molecule has 3 heterocycles. The molecule has 7 heteroatoms. The largest absolute Gasteiger partial charge is 0.374 e. The van der Waals surface area contributed by atoms with Gasteiger partial charge >= 0.3 is 0 Å². The third-order valence-electron chi connectivity index (χ3n) is 5.50. The summed E-state index contributed by atoms with van der Waals surface area (Å²) in [7, 11) is 0. The standard InChI is InChI=1S/C25H32N6O/c1-6-30(7-2)23-11-9-19(17-26-23)24-28-21-16-18(20-12-13-27-29-20)8-10-22(21)31(24)14-15-32-25(3,4)5/h8-13,16-17H,6-7,14-15H2,1-5H3,(H,27,29). The van der Waals surface area contributed by atoms with Gasteiger partial charge in [0, 0.05) is 43.2 Å². The lowest BCUT2D eigenvalue weighted by Gasteiger charge is -2.21. The highest BCUT2D eigenvalue weighted by molar-refractivity contribution is 5.85. The highest BCUT2D eigenvalue weighted by Gasteiger charge is 2.16. The molecule has 0 atom stereocenters. The predicted octanol–water partition coefficient (Wildman–Crippen LogP) is 5.15. The van der Waals surface area contributed by atoms with Crippen molar-refractivity contribution >= 4 is 16.9 Å². The van der Waals surface area contributed by atoms with E-state index in [1.807, 2.05) is 12.3 Å². The Bertz CT molecular complexity index is 1150. The first-order valence-corrected chi connectivity index (χ1v) is 11.2. The Balaban J connectivity index is 1.74. The summed E-state index contributed by atoms with van der Waals surface area (Å²) in [5.74, 6) is 1.89. The summed E-state index contributed by atoms with van der Waals surface area (Å²) in [4.78, 5) is 12.0. The highest BCUT2D eigenvalue weighted by atomic mass is 16.5. The number of pyridine rings is 1. The van der Waals surface area contributed by atoms with E-state index < -0.39 is 0 Å². The van der Waals surface area contributed by atoms with E-state index in [4.69, 9.17) is 14.7 Å². The molecule has 0 saturated carbocycles. The van der Waals surface area contributed by atoms with Crippen molar-refractivity contribution in [1.29, 1.82) is 0 Å². The number of aromatic nitrogens is 5. The second kappa shape index (κ2) is 9.12. The number of nitrogens with one attached hydrogen (secondary N) is 1. The Morgan fingerprint density at radius 2 is 1.81 bits per heavy atom. The van der Waals surface area contributed by atoms with Crippen LogP contribution >= 0.6 is 0 Å². The van der Waals surface area contributed by atoms with Crippen molar-refractivity contribution in [1.82, 2.24) is 24.7 Å². The van der Waals surface area contributed by atoms with Crippen LogP contribution in [0, 0.1) is 0 Å². The van der Waals surface area contributed by atoms with E-state index in [-0.39, 0.29) is 5.60 Å². The number of imidazole rings is 1. The van der Waals surface area contributed by atoms with E-state index in [9.17, 15) is 0 Å². The van der Waals surface area contributed by atoms with Crippen LogP contribution in [0.25, 0.3) is 33.7 Å². The zero-order valence-electron chi connectivity index (χ0n) is 19.6. The molecule has 0 fully saturated rings. The lowest BCUT2D eigenvalue weighted by atomic mass is 10.1. The molecule has 0 amide bonds. The predicted molar refractivity (Wildman–Crippen MR) is 130 cm³/mol. The molecule has 4 aromatic rings. The summed E-state index contributed by atoms with van der Waals surface area (Å²) in [6.45, 7) is 13.7. The first-order chi connectivity index (χ1) is 15.4. The molecule has 7 nitrogen and oxygen atoms in total. The van der Waals surface area contributed by atoms with Crippen molar-refractivity contribution < 1.29 is 4.74 Å². The zero-order chi connectivity index (χ0) is 22.7. The van der Waals surface area contributed by atoms with Gasteiger partial charge in [-0.2, -0.15) is 5.10 Å². The fourth-order valence-electron chi connectivity index (χ4n) is 3.86. The topological polar surface area (TPSA) is 71.9 Å². The van der Waals surface area contributed by atoms with Crippen LogP contribution in [0.5, 0.6) is 0 Å². The van der Waals surface area contributed by atoms with Crippen molar-refractivity contribution in [2.75, 3.05) is 24.6 Å². The molecule has 0 unspecified atom stereocenters. The summed E-state index contributed by atoms with van der Waals surface area (Å²) < 4.78 is 8.25. The van der Waals surface area contributed by atoms with E-state index in [0.717, 1.165) is 52.6 Å². The first kappa shape index (κ1) is 22.0. The molecule has 168 valence electrons. The Morgan fingerprint density at radius 1 is 1.03 bits per heavy atom. The molecule has 0 aliphatic heterocycles. The van der Waals surface area contributed by atoms with Crippen LogP contribution in [0.3, 0.4) is 0 Å². The van der Waals surface area contributed by atoms with Gasteiger partial charge in [0.05, 0.1) is 28.9 Å². The number of hydrogen-bond acceptors (Lipinski definition) is 5. The van der Waals surface area contributed by atoms with Crippen molar-refractivity contribution in [3.63, 3.8) is 0 Å². The lowest BCUT2D eigenvalue weighted by Crippen LogP contribution is -2.23. The van der Waals surface area contributed by atoms with Crippen LogP contribution in [0.15, 0.2) is 48.8 Å². The Kier molecular flexibility index (Phi) is 6.28. The van der Waals surface area contributed by atoms with Crippen LogP contribution in [0.4, 0.5) is 5.82 Å². The summed E-state index contributed by atoms with van der Waals surface area (Å²) >= 11 is 0. The van der Waals surface area contributed by atoms with Crippen molar-refractivity contribution in [3.8, 4) is 22.6 Å². The number of nitrogens with zero attached hydrogens (tertiary/aromatic N) is 5. The summed E-state index contributed by atoms with van der Waals surface area (Å²) in [6, 6.07) is 12.5. The first-order valence-electron chi connectivity index (χ1n) is 11.2. The molecule has 0 aliphatic carbocycles. The summed E-state index contributed by atoms with van der Waals surface area (Å²) in [5, 5.41) is 7.10. The van der Waals surface area contributed by atoms with Crippen LogP contribution in [0.2, 0.25) is 0 Å². The molecule has 1 aromatic carbocycles. The number of ether oxygens (including phenoxy) is 1. The van der Waals surface area contributed by atoms with Gasteiger partial charge in [-0.25, -0.2) is 9.97 Å². The molecule has 0 bridgehead atoms. The van der Waals surface area contributed by atoms with Gasteiger partial charge in [-0.05, 0) is 65.0 Å². The monoisotopic (exact) mass is 432 g/mol. The smallest absolute Gasteiger partial charge is 0.142 e. The third kappa shape index (κ3) is 4.67.